The van der Waals surface area contributed by atoms with Crippen LogP contribution >= 0.6 is 11.6 Å². The molecule has 3 rings (SSSR count). The minimum Gasteiger partial charge on any atom is -0.466 e. The van der Waals surface area contributed by atoms with Crippen LogP contribution in [0.25, 0.3) is 0 Å². The van der Waals surface area contributed by atoms with Gasteiger partial charge in [-0.15, -0.1) is 0 Å². The summed E-state index contributed by atoms with van der Waals surface area (Å²) >= 11 is 5.95. The molecule has 1 aliphatic rings. The maximum atomic E-state index is 12.4. The fraction of sp³-hybridized carbons (Fsp3) is 0.353. The number of aryl methyl sites for hydroxylation is 1. The highest BCUT2D eigenvalue weighted by Crippen LogP contribution is 2.48. The molecule has 0 bridgehead atoms. The van der Waals surface area contributed by atoms with Crippen LogP contribution in [-0.2, 0) is 26.1 Å². The Bertz CT molecular complexity index is 773. The van der Waals surface area contributed by atoms with Crippen molar-refractivity contribution < 1.29 is 19.1 Å². The molecule has 24 heavy (non-hydrogen) atoms. The molecule has 0 spiro atoms. The van der Waals surface area contributed by atoms with Crippen LogP contribution in [0.5, 0.6) is 0 Å². The van der Waals surface area contributed by atoms with Gasteiger partial charge in [-0.3, -0.25) is 9.48 Å². The van der Waals surface area contributed by atoms with Crippen LogP contribution in [-0.4, -0.2) is 28.8 Å². The number of halogens is 1. The van der Waals surface area contributed by atoms with Crippen molar-refractivity contribution in [2.45, 2.75) is 18.4 Å². The number of rotatable bonds is 5. The SMILES string of the molecule is COC(=O)C(OC(=O)C1CC1c1cnn(C)c1)c1cccc(Cl)c1. The molecule has 0 amide bonds. The Morgan fingerprint density at radius 1 is 1.42 bits per heavy atom. The maximum absolute atomic E-state index is 12.4. The molecule has 6 nitrogen and oxygen atoms in total. The largest absolute Gasteiger partial charge is 0.466 e. The number of carbonyl (C=O) groups excluding carboxylic acids is 2. The predicted molar refractivity (Wildman–Crippen MR) is 86.4 cm³/mol. The van der Waals surface area contributed by atoms with Crippen molar-refractivity contribution in [1.29, 1.82) is 0 Å². The van der Waals surface area contributed by atoms with Gasteiger partial charge in [-0.25, -0.2) is 4.79 Å². The van der Waals surface area contributed by atoms with Crippen molar-refractivity contribution in [3.8, 4) is 0 Å². The fourth-order valence-corrected chi connectivity index (χ4v) is 2.89. The Morgan fingerprint density at radius 2 is 2.21 bits per heavy atom. The number of ether oxygens (including phenoxy) is 2. The van der Waals surface area contributed by atoms with Crippen LogP contribution in [0.4, 0.5) is 0 Å². The van der Waals surface area contributed by atoms with Gasteiger partial charge in [-0.1, -0.05) is 23.7 Å². The summed E-state index contributed by atoms with van der Waals surface area (Å²) in [6.07, 6.45) is 3.20. The molecule has 0 saturated heterocycles. The van der Waals surface area contributed by atoms with Gasteiger partial charge in [-0.2, -0.15) is 5.10 Å². The van der Waals surface area contributed by atoms with Crippen LogP contribution < -0.4 is 0 Å². The highest BCUT2D eigenvalue weighted by molar-refractivity contribution is 6.30. The van der Waals surface area contributed by atoms with Crippen LogP contribution in [0.2, 0.25) is 5.02 Å². The van der Waals surface area contributed by atoms with Crippen molar-refractivity contribution in [2.75, 3.05) is 7.11 Å². The second kappa shape index (κ2) is 6.65. The van der Waals surface area contributed by atoms with Crippen molar-refractivity contribution >= 4 is 23.5 Å². The van der Waals surface area contributed by atoms with E-state index in [4.69, 9.17) is 21.1 Å². The van der Waals surface area contributed by atoms with Crippen molar-refractivity contribution in [3.05, 3.63) is 52.8 Å². The number of carbonyl (C=O) groups is 2. The minimum absolute atomic E-state index is 0.0869. The van der Waals surface area contributed by atoms with E-state index < -0.39 is 18.0 Å². The van der Waals surface area contributed by atoms with E-state index in [0.29, 0.717) is 17.0 Å². The van der Waals surface area contributed by atoms with Gasteiger partial charge >= 0.3 is 11.9 Å². The Labute approximate surface area is 144 Å². The van der Waals surface area contributed by atoms with Crippen LogP contribution in [0.1, 0.15) is 29.6 Å². The average molecular weight is 349 g/mol. The fourth-order valence-electron chi connectivity index (χ4n) is 2.69. The first-order valence-corrected chi connectivity index (χ1v) is 7.89. The van der Waals surface area contributed by atoms with Gasteiger partial charge in [-0.05, 0) is 24.1 Å². The lowest BCUT2D eigenvalue weighted by molar-refractivity contribution is -0.167. The second-order valence-electron chi connectivity index (χ2n) is 5.79. The summed E-state index contributed by atoms with van der Waals surface area (Å²) in [6, 6.07) is 6.63. The van der Waals surface area contributed by atoms with Gasteiger partial charge in [0.05, 0.1) is 19.2 Å². The lowest BCUT2D eigenvalue weighted by Crippen LogP contribution is -2.22. The highest BCUT2D eigenvalue weighted by atomic mass is 35.5. The number of nitrogens with zero attached hydrogens (tertiary/aromatic N) is 2. The first-order valence-electron chi connectivity index (χ1n) is 7.52. The number of benzene rings is 1. The molecule has 0 radical (unpaired) electrons. The molecule has 0 N–H and O–H groups in total. The van der Waals surface area contributed by atoms with Crippen molar-refractivity contribution in [2.24, 2.45) is 13.0 Å². The Hall–Kier alpha value is -2.34. The molecule has 1 aromatic carbocycles. The van der Waals surface area contributed by atoms with E-state index in [1.54, 1.807) is 35.1 Å². The number of hydrogen-bond acceptors (Lipinski definition) is 5. The van der Waals surface area contributed by atoms with Gasteiger partial charge < -0.3 is 9.47 Å². The Kier molecular flexibility index (Phi) is 4.57. The third-order valence-corrected chi connectivity index (χ3v) is 4.28. The topological polar surface area (TPSA) is 70.4 Å². The molecule has 1 heterocycles. The molecular formula is C17H17ClN2O4. The normalized spacial score (nSPS) is 20.3. The number of hydrogen-bond donors (Lipinski definition) is 0. The molecule has 1 fully saturated rings. The third-order valence-electron chi connectivity index (χ3n) is 4.05. The summed E-state index contributed by atoms with van der Waals surface area (Å²) < 4.78 is 11.9. The van der Waals surface area contributed by atoms with E-state index in [-0.39, 0.29) is 11.8 Å². The molecule has 1 saturated carbocycles. The zero-order valence-corrected chi connectivity index (χ0v) is 14.1. The average Bonchev–Trinajstić information content (AvgIpc) is 3.26. The van der Waals surface area contributed by atoms with E-state index in [0.717, 1.165) is 5.56 Å². The second-order valence-corrected chi connectivity index (χ2v) is 6.23. The Balaban J connectivity index is 1.71. The first kappa shape index (κ1) is 16.5. The zero-order valence-electron chi connectivity index (χ0n) is 13.3. The molecule has 0 aliphatic heterocycles. The summed E-state index contributed by atoms with van der Waals surface area (Å²) in [7, 11) is 3.08. The summed E-state index contributed by atoms with van der Waals surface area (Å²) in [5, 5.41) is 4.56. The summed E-state index contributed by atoms with van der Waals surface area (Å²) in [4.78, 5) is 24.4. The van der Waals surface area contributed by atoms with Crippen LogP contribution in [0.3, 0.4) is 0 Å². The van der Waals surface area contributed by atoms with Gasteiger partial charge in [0.25, 0.3) is 0 Å². The zero-order chi connectivity index (χ0) is 17.3. The smallest absolute Gasteiger partial charge is 0.351 e. The monoisotopic (exact) mass is 348 g/mol. The molecule has 3 unspecified atom stereocenters. The standard InChI is InChI=1S/C17H17ClN2O4/c1-20-9-11(8-19-20)13-7-14(13)16(21)24-15(17(22)23-2)10-4-3-5-12(18)6-10/h3-6,8-9,13-15H,7H2,1-2H3. The molecule has 7 heteroatoms. The van der Waals surface area contributed by atoms with Crippen molar-refractivity contribution in [1.82, 2.24) is 9.78 Å². The summed E-state index contributed by atoms with van der Waals surface area (Å²) in [5.41, 5.74) is 1.48. The van der Waals surface area contributed by atoms with E-state index in [1.807, 2.05) is 13.2 Å². The maximum Gasteiger partial charge on any atom is 0.351 e. The number of aromatic nitrogens is 2. The van der Waals surface area contributed by atoms with Gasteiger partial charge in [0.1, 0.15) is 0 Å². The van der Waals surface area contributed by atoms with Crippen LogP contribution in [0.15, 0.2) is 36.7 Å². The highest BCUT2D eigenvalue weighted by Gasteiger charge is 2.47. The van der Waals surface area contributed by atoms with Gasteiger partial charge in [0.15, 0.2) is 0 Å². The van der Waals surface area contributed by atoms with Crippen LogP contribution in [0, 0.1) is 5.92 Å². The molecule has 126 valence electrons. The van der Waals surface area contributed by atoms with Gasteiger partial charge in [0, 0.05) is 29.7 Å². The molecule has 1 aromatic heterocycles. The van der Waals surface area contributed by atoms with Gasteiger partial charge in [0.2, 0.25) is 6.10 Å². The summed E-state index contributed by atoms with van der Waals surface area (Å²) in [6.45, 7) is 0. The third kappa shape index (κ3) is 3.43. The quantitative estimate of drug-likeness (QED) is 0.777. The number of esters is 2. The first-order chi connectivity index (χ1) is 11.5. The Morgan fingerprint density at radius 3 is 2.83 bits per heavy atom. The number of methoxy groups -OCH3 is 1. The lowest BCUT2D eigenvalue weighted by Gasteiger charge is -2.16. The molecule has 1 aliphatic carbocycles. The van der Waals surface area contributed by atoms with E-state index in [1.165, 1.54) is 7.11 Å². The molecule has 3 atom stereocenters. The van der Waals surface area contributed by atoms with E-state index in [2.05, 4.69) is 5.10 Å². The predicted octanol–water partition coefficient (Wildman–Crippen LogP) is 2.63. The van der Waals surface area contributed by atoms with Crippen molar-refractivity contribution in [3.63, 3.8) is 0 Å². The minimum atomic E-state index is -1.11. The van der Waals surface area contributed by atoms with E-state index >= 15 is 0 Å². The lowest BCUT2D eigenvalue weighted by atomic mass is 10.1. The molecular weight excluding hydrogens is 332 g/mol. The summed E-state index contributed by atoms with van der Waals surface area (Å²) in [5.74, 6) is -1.23. The molecule has 2 aromatic rings. The van der Waals surface area contributed by atoms with E-state index in [9.17, 15) is 9.59 Å².